The molecular weight excluding hydrogens is 364 g/mol. The van der Waals surface area contributed by atoms with Crippen molar-refractivity contribution in [2.24, 2.45) is 0 Å². The van der Waals surface area contributed by atoms with E-state index < -0.39 is 0 Å². The SMILES string of the molecule is Cc1nnc(-c2ccccc2-c2cc(NCc3cccnc3)nc3[nH]ccc23)o1. The average molecular weight is 382 g/mol. The third-order valence-corrected chi connectivity index (χ3v) is 4.70. The van der Waals surface area contributed by atoms with Crippen molar-refractivity contribution < 1.29 is 4.42 Å². The zero-order valence-corrected chi connectivity index (χ0v) is 15.8. The molecule has 0 saturated heterocycles. The molecule has 0 aliphatic carbocycles. The summed E-state index contributed by atoms with van der Waals surface area (Å²) in [6.45, 7) is 2.42. The van der Waals surface area contributed by atoms with E-state index in [1.807, 2.05) is 48.8 Å². The summed E-state index contributed by atoms with van der Waals surface area (Å²) in [5, 5.41) is 12.6. The minimum atomic E-state index is 0.503. The first-order valence-corrected chi connectivity index (χ1v) is 9.29. The number of hydrogen-bond donors (Lipinski definition) is 2. The molecule has 0 saturated carbocycles. The van der Waals surface area contributed by atoms with E-state index in [4.69, 9.17) is 9.40 Å². The number of anilines is 1. The summed E-state index contributed by atoms with van der Waals surface area (Å²) in [5.41, 5.74) is 4.83. The maximum atomic E-state index is 5.69. The van der Waals surface area contributed by atoms with Gasteiger partial charge in [-0.2, -0.15) is 0 Å². The standard InChI is InChI=1S/C22H18N6O/c1-14-27-28-22(29-14)18-7-3-2-6-16(18)19-11-20(26-21-17(19)8-10-24-21)25-13-15-5-4-9-23-12-15/h2-12H,13H2,1H3,(H2,24,25,26). The highest BCUT2D eigenvalue weighted by Crippen LogP contribution is 2.36. The maximum absolute atomic E-state index is 5.69. The van der Waals surface area contributed by atoms with Crippen LogP contribution < -0.4 is 5.32 Å². The van der Waals surface area contributed by atoms with Crippen molar-refractivity contribution in [2.75, 3.05) is 5.32 Å². The molecule has 0 atom stereocenters. The van der Waals surface area contributed by atoms with Crippen molar-refractivity contribution in [1.82, 2.24) is 25.1 Å². The van der Waals surface area contributed by atoms with Crippen LogP contribution >= 0.6 is 0 Å². The van der Waals surface area contributed by atoms with Crippen LogP contribution in [0.15, 0.2) is 71.5 Å². The lowest BCUT2D eigenvalue weighted by atomic mass is 9.98. The first-order valence-electron chi connectivity index (χ1n) is 9.29. The smallest absolute Gasteiger partial charge is 0.248 e. The molecule has 0 aliphatic rings. The first kappa shape index (κ1) is 17.1. The molecule has 0 amide bonds. The molecule has 0 aliphatic heterocycles. The number of nitrogens with zero attached hydrogens (tertiary/aromatic N) is 4. The molecular formula is C22H18N6O. The Morgan fingerprint density at radius 3 is 2.69 bits per heavy atom. The Labute approximate surface area is 166 Å². The highest BCUT2D eigenvalue weighted by Gasteiger charge is 2.16. The molecule has 0 unspecified atom stereocenters. The van der Waals surface area contributed by atoms with Crippen LogP contribution in [0.5, 0.6) is 0 Å². The van der Waals surface area contributed by atoms with E-state index in [0.717, 1.165) is 39.1 Å². The summed E-state index contributed by atoms with van der Waals surface area (Å²) in [5.74, 6) is 1.81. The normalized spacial score (nSPS) is 11.1. The number of aryl methyl sites for hydroxylation is 1. The number of nitrogens with one attached hydrogen (secondary N) is 2. The topological polar surface area (TPSA) is 92.5 Å². The van der Waals surface area contributed by atoms with Gasteiger partial charge in [-0.3, -0.25) is 4.98 Å². The quantitative estimate of drug-likeness (QED) is 0.462. The molecule has 0 spiro atoms. The molecule has 29 heavy (non-hydrogen) atoms. The molecule has 0 radical (unpaired) electrons. The molecule has 5 rings (SSSR count). The third kappa shape index (κ3) is 3.34. The number of fused-ring (bicyclic) bond motifs is 1. The fraction of sp³-hybridized carbons (Fsp3) is 0.0909. The van der Waals surface area contributed by atoms with Gasteiger partial charge in [0.05, 0.1) is 0 Å². The highest BCUT2D eigenvalue weighted by atomic mass is 16.4. The van der Waals surface area contributed by atoms with Crippen LogP contribution in [0.25, 0.3) is 33.6 Å². The Morgan fingerprint density at radius 1 is 1.00 bits per heavy atom. The van der Waals surface area contributed by atoms with Gasteiger partial charge < -0.3 is 14.7 Å². The van der Waals surface area contributed by atoms with Gasteiger partial charge in [0.15, 0.2) is 0 Å². The van der Waals surface area contributed by atoms with E-state index in [9.17, 15) is 0 Å². The number of aromatic nitrogens is 5. The van der Waals surface area contributed by atoms with Crippen molar-refractivity contribution in [3.63, 3.8) is 0 Å². The van der Waals surface area contributed by atoms with Gasteiger partial charge in [0, 0.05) is 43.0 Å². The Kier molecular flexibility index (Phi) is 4.25. The summed E-state index contributed by atoms with van der Waals surface area (Å²) < 4.78 is 5.69. The van der Waals surface area contributed by atoms with Gasteiger partial charge in [-0.25, -0.2) is 4.98 Å². The van der Waals surface area contributed by atoms with E-state index in [0.29, 0.717) is 18.3 Å². The second-order valence-electron chi connectivity index (χ2n) is 6.68. The molecule has 142 valence electrons. The van der Waals surface area contributed by atoms with Crippen LogP contribution in [0.1, 0.15) is 11.5 Å². The number of rotatable bonds is 5. The largest absolute Gasteiger partial charge is 0.421 e. The van der Waals surface area contributed by atoms with Gasteiger partial charge in [0.1, 0.15) is 11.5 Å². The zero-order chi connectivity index (χ0) is 19.6. The van der Waals surface area contributed by atoms with Crippen molar-refractivity contribution in [3.8, 4) is 22.6 Å². The summed E-state index contributed by atoms with van der Waals surface area (Å²) in [4.78, 5) is 12.1. The van der Waals surface area contributed by atoms with Crippen LogP contribution in [0, 0.1) is 6.92 Å². The van der Waals surface area contributed by atoms with E-state index in [-0.39, 0.29) is 0 Å². The van der Waals surface area contributed by atoms with Crippen molar-refractivity contribution in [3.05, 3.63) is 78.6 Å². The minimum Gasteiger partial charge on any atom is -0.421 e. The van der Waals surface area contributed by atoms with Crippen LogP contribution in [0.4, 0.5) is 5.82 Å². The van der Waals surface area contributed by atoms with Crippen LogP contribution in [0.2, 0.25) is 0 Å². The molecule has 0 bridgehead atoms. The van der Waals surface area contributed by atoms with Gasteiger partial charge >= 0.3 is 0 Å². The van der Waals surface area contributed by atoms with Crippen molar-refractivity contribution in [1.29, 1.82) is 0 Å². The molecule has 1 aromatic carbocycles. The summed E-state index contributed by atoms with van der Waals surface area (Å²) in [6.07, 6.45) is 5.50. The van der Waals surface area contributed by atoms with Gasteiger partial charge in [-0.05, 0) is 41.0 Å². The second kappa shape index (κ2) is 7.20. The predicted molar refractivity (Wildman–Crippen MR) is 111 cm³/mol. The molecule has 7 heteroatoms. The molecule has 0 fully saturated rings. The molecule has 2 N–H and O–H groups in total. The van der Waals surface area contributed by atoms with E-state index in [1.165, 1.54) is 0 Å². The molecule has 7 nitrogen and oxygen atoms in total. The Morgan fingerprint density at radius 2 is 1.90 bits per heavy atom. The monoisotopic (exact) mass is 382 g/mol. The number of aromatic amines is 1. The van der Waals surface area contributed by atoms with Gasteiger partial charge in [-0.15, -0.1) is 10.2 Å². The van der Waals surface area contributed by atoms with E-state index in [2.05, 4.69) is 37.6 Å². The third-order valence-electron chi connectivity index (χ3n) is 4.70. The lowest BCUT2D eigenvalue weighted by molar-refractivity contribution is 0.533. The fourth-order valence-electron chi connectivity index (χ4n) is 3.36. The Bertz CT molecular complexity index is 1270. The predicted octanol–water partition coefficient (Wildman–Crippen LogP) is 4.60. The maximum Gasteiger partial charge on any atom is 0.248 e. The van der Waals surface area contributed by atoms with Gasteiger partial charge in [-0.1, -0.05) is 24.3 Å². The Balaban J connectivity index is 1.59. The summed E-state index contributed by atoms with van der Waals surface area (Å²) in [6, 6.07) is 16.0. The fourth-order valence-corrected chi connectivity index (χ4v) is 3.36. The number of benzene rings is 1. The molecule has 5 aromatic rings. The summed E-state index contributed by atoms with van der Waals surface area (Å²) >= 11 is 0. The average Bonchev–Trinajstić information content (AvgIpc) is 3.41. The Hall–Kier alpha value is -4.00. The van der Waals surface area contributed by atoms with Crippen LogP contribution in [-0.2, 0) is 6.54 Å². The minimum absolute atomic E-state index is 0.503. The van der Waals surface area contributed by atoms with E-state index >= 15 is 0 Å². The van der Waals surface area contributed by atoms with E-state index in [1.54, 1.807) is 13.1 Å². The lowest BCUT2D eigenvalue weighted by Crippen LogP contribution is -2.02. The van der Waals surface area contributed by atoms with Gasteiger partial charge in [0.2, 0.25) is 11.8 Å². The summed E-state index contributed by atoms with van der Waals surface area (Å²) in [7, 11) is 0. The van der Waals surface area contributed by atoms with Crippen LogP contribution in [-0.4, -0.2) is 25.1 Å². The lowest BCUT2D eigenvalue weighted by Gasteiger charge is -2.12. The number of pyridine rings is 2. The number of H-pyrrole nitrogens is 1. The molecule has 4 heterocycles. The number of hydrogen-bond acceptors (Lipinski definition) is 6. The van der Waals surface area contributed by atoms with Crippen molar-refractivity contribution in [2.45, 2.75) is 13.5 Å². The second-order valence-corrected chi connectivity index (χ2v) is 6.68. The molecule has 4 aromatic heterocycles. The zero-order valence-electron chi connectivity index (χ0n) is 15.8. The van der Waals surface area contributed by atoms with Crippen molar-refractivity contribution >= 4 is 16.9 Å². The van der Waals surface area contributed by atoms with Crippen LogP contribution in [0.3, 0.4) is 0 Å². The first-order chi connectivity index (χ1) is 14.3. The highest BCUT2D eigenvalue weighted by molar-refractivity contribution is 5.98. The van der Waals surface area contributed by atoms with Gasteiger partial charge in [0.25, 0.3) is 0 Å².